The van der Waals surface area contributed by atoms with Crippen molar-refractivity contribution in [3.8, 4) is 0 Å². The average molecular weight is 212 g/mol. The van der Waals surface area contributed by atoms with Gasteiger partial charge in [0.25, 0.3) is 0 Å². The standard InChI is InChI=1S/C12H24N2O/c1-10-7-13-8-11(10)9-14-12(2)3-5-15-6-4-12/h10-11,13-14H,3-9H2,1-2H3. The van der Waals surface area contributed by atoms with Crippen molar-refractivity contribution in [2.24, 2.45) is 11.8 Å². The topological polar surface area (TPSA) is 33.3 Å². The summed E-state index contributed by atoms with van der Waals surface area (Å²) in [5, 5.41) is 7.21. The molecule has 2 heterocycles. The summed E-state index contributed by atoms with van der Waals surface area (Å²) >= 11 is 0. The van der Waals surface area contributed by atoms with Crippen LogP contribution in [0.4, 0.5) is 0 Å². The van der Waals surface area contributed by atoms with Crippen molar-refractivity contribution in [3.63, 3.8) is 0 Å². The molecular weight excluding hydrogens is 188 g/mol. The van der Waals surface area contributed by atoms with Gasteiger partial charge in [0.15, 0.2) is 0 Å². The molecule has 0 radical (unpaired) electrons. The van der Waals surface area contributed by atoms with Gasteiger partial charge in [-0.05, 0) is 51.2 Å². The maximum absolute atomic E-state index is 5.41. The minimum atomic E-state index is 0.320. The highest BCUT2D eigenvalue weighted by Crippen LogP contribution is 2.22. The lowest BCUT2D eigenvalue weighted by molar-refractivity contribution is 0.0434. The third kappa shape index (κ3) is 2.92. The first kappa shape index (κ1) is 11.4. The molecule has 0 amide bonds. The number of hydrogen-bond acceptors (Lipinski definition) is 3. The van der Waals surface area contributed by atoms with Crippen LogP contribution in [-0.2, 0) is 4.74 Å². The SMILES string of the molecule is CC1CNCC1CNC1(C)CCOCC1. The van der Waals surface area contributed by atoms with Crippen LogP contribution in [0.25, 0.3) is 0 Å². The summed E-state index contributed by atoms with van der Waals surface area (Å²) in [5.41, 5.74) is 0.320. The molecule has 2 atom stereocenters. The predicted molar refractivity (Wildman–Crippen MR) is 62.0 cm³/mol. The monoisotopic (exact) mass is 212 g/mol. The molecule has 3 heteroatoms. The number of rotatable bonds is 3. The van der Waals surface area contributed by atoms with Crippen LogP contribution in [0, 0.1) is 11.8 Å². The Morgan fingerprint density at radius 2 is 2.07 bits per heavy atom. The van der Waals surface area contributed by atoms with Crippen molar-refractivity contribution in [2.45, 2.75) is 32.2 Å². The first-order valence-electron chi connectivity index (χ1n) is 6.23. The molecule has 2 aliphatic rings. The van der Waals surface area contributed by atoms with Gasteiger partial charge in [0.05, 0.1) is 0 Å². The Morgan fingerprint density at radius 3 is 2.67 bits per heavy atom. The molecule has 2 aliphatic heterocycles. The number of ether oxygens (including phenoxy) is 1. The Balaban J connectivity index is 1.76. The fourth-order valence-electron chi connectivity index (χ4n) is 2.51. The Hall–Kier alpha value is -0.120. The average Bonchev–Trinajstić information content (AvgIpc) is 2.62. The minimum Gasteiger partial charge on any atom is -0.381 e. The molecule has 0 aromatic heterocycles. The summed E-state index contributed by atoms with van der Waals surface area (Å²) in [4.78, 5) is 0. The molecule has 0 aromatic rings. The molecular formula is C12H24N2O. The summed E-state index contributed by atoms with van der Waals surface area (Å²) < 4.78 is 5.41. The zero-order valence-electron chi connectivity index (χ0n) is 10.0. The normalized spacial score (nSPS) is 35.6. The van der Waals surface area contributed by atoms with Gasteiger partial charge in [0.1, 0.15) is 0 Å². The molecule has 15 heavy (non-hydrogen) atoms. The van der Waals surface area contributed by atoms with Crippen LogP contribution in [0.15, 0.2) is 0 Å². The number of hydrogen-bond donors (Lipinski definition) is 2. The molecule has 0 aliphatic carbocycles. The van der Waals surface area contributed by atoms with Crippen molar-refractivity contribution >= 4 is 0 Å². The second-order valence-electron chi connectivity index (χ2n) is 5.45. The van der Waals surface area contributed by atoms with Crippen LogP contribution in [0.1, 0.15) is 26.7 Å². The van der Waals surface area contributed by atoms with Gasteiger partial charge < -0.3 is 15.4 Å². The van der Waals surface area contributed by atoms with E-state index in [4.69, 9.17) is 4.74 Å². The highest BCUT2D eigenvalue weighted by molar-refractivity contribution is 4.88. The second-order valence-corrected chi connectivity index (χ2v) is 5.45. The maximum atomic E-state index is 5.41. The van der Waals surface area contributed by atoms with E-state index in [-0.39, 0.29) is 0 Å². The molecule has 0 bridgehead atoms. The van der Waals surface area contributed by atoms with E-state index in [1.807, 2.05) is 0 Å². The molecule has 2 rings (SSSR count). The molecule has 0 aromatic carbocycles. The van der Waals surface area contributed by atoms with Gasteiger partial charge in [-0.1, -0.05) is 6.92 Å². The van der Waals surface area contributed by atoms with Crippen molar-refractivity contribution in [1.29, 1.82) is 0 Å². The molecule has 3 nitrogen and oxygen atoms in total. The third-order valence-corrected chi connectivity index (χ3v) is 4.06. The summed E-state index contributed by atoms with van der Waals surface area (Å²) in [6, 6.07) is 0. The van der Waals surface area contributed by atoms with E-state index in [0.717, 1.165) is 44.4 Å². The molecule has 0 saturated carbocycles. The van der Waals surface area contributed by atoms with Crippen LogP contribution in [0.2, 0.25) is 0 Å². The quantitative estimate of drug-likeness (QED) is 0.732. The summed E-state index contributed by atoms with van der Waals surface area (Å²) in [5.74, 6) is 1.63. The lowest BCUT2D eigenvalue weighted by atomic mass is 9.90. The van der Waals surface area contributed by atoms with Gasteiger partial charge in [-0.15, -0.1) is 0 Å². The lowest BCUT2D eigenvalue weighted by Crippen LogP contribution is -2.49. The Morgan fingerprint density at radius 1 is 1.33 bits per heavy atom. The Bertz CT molecular complexity index is 202. The van der Waals surface area contributed by atoms with Gasteiger partial charge >= 0.3 is 0 Å². The van der Waals surface area contributed by atoms with Gasteiger partial charge in [-0.25, -0.2) is 0 Å². The lowest BCUT2D eigenvalue weighted by Gasteiger charge is -2.36. The molecule has 88 valence electrons. The highest BCUT2D eigenvalue weighted by atomic mass is 16.5. The highest BCUT2D eigenvalue weighted by Gasteiger charge is 2.29. The van der Waals surface area contributed by atoms with E-state index in [9.17, 15) is 0 Å². The third-order valence-electron chi connectivity index (χ3n) is 4.06. The second kappa shape index (κ2) is 4.81. The molecule has 0 spiro atoms. The summed E-state index contributed by atoms with van der Waals surface area (Å²) in [6.45, 7) is 10.0. The van der Waals surface area contributed by atoms with Crippen molar-refractivity contribution in [2.75, 3.05) is 32.8 Å². The zero-order chi connectivity index (χ0) is 10.7. The Labute approximate surface area is 93.0 Å². The first-order valence-corrected chi connectivity index (χ1v) is 6.23. The van der Waals surface area contributed by atoms with Crippen LogP contribution in [0.5, 0.6) is 0 Å². The van der Waals surface area contributed by atoms with E-state index in [1.165, 1.54) is 13.1 Å². The van der Waals surface area contributed by atoms with Gasteiger partial charge in [0, 0.05) is 18.8 Å². The summed E-state index contributed by atoms with van der Waals surface area (Å²) in [7, 11) is 0. The maximum Gasteiger partial charge on any atom is 0.0483 e. The molecule has 2 saturated heterocycles. The molecule has 2 N–H and O–H groups in total. The van der Waals surface area contributed by atoms with Crippen molar-refractivity contribution in [3.05, 3.63) is 0 Å². The summed E-state index contributed by atoms with van der Waals surface area (Å²) in [6.07, 6.45) is 2.31. The molecule has 2 unspecified atom stereocenters. The van der Waals surface area contributed by atoms with Gasteiger partial charge in [-0.2, -0.15) is 0 Å². The minimum absolute atomic E-state index is 0.320. The van der Waals surface area contributed by atoms with Crippen LogP contribution >= 0.6 is 0 Å². The smallest absolute Gasteiger partial charge is 0.0483 e. The largest absolute Gasteiger partial charge is 0.381 e. The van der Waals surface area contributed by atoms with Crippen LogP contribution in [-0.4, -0.2) is 38.4 Å². The molecule has 2 fully saturated rings. The van der Waals surface area contributed by atoms with Crippen LogP contribution < -0.4 is 10.6 Å². The number of nitrogens with one attached hydrogen (secondary N) is 2. The zero-order valence-corrected chi connectivity index (χ0v) is 10.0. The first-order chi connectivity index (χ1) is 7.20. The van der Waals surface area contributed by atoms with E-state index < -0.39 is 0 Å². The van der Waals surface area contributed by atoms with E-state index in [0.29, 0.717) is 5.54 Å². The van der Waals surface area contributed by atoms with Crippen molar-refractivity contribution < 1.29 is 4.74 Å². The fourth-order valence-corrected chi connectivity index (χ4v) is 2.51. The fraction of sp³-hybridized carbons (Fsp3) is 1.00. The van der Waals surface area contributed by atoms with Gasteiger partial charge in [-0.3, -0.25) is 0 Å². The predicted octanol–water partition coefficient (Wildman–Crippen LogP) is 1.00. The Kier molecular flexibility index (Phi) is 3.65. The van der Waals surface area contributed by atoms with E-state index >= 15 is 0 Å². The van der Waals surface area contributed by atoms with E-state index in [1.54, 1.807) is 0 Å². The van der Waals surface area contributed by atoms with E-state index in [2.05, 4.69) is 24.5 Å². The van der Waals surface area contributed by atoms with Crippen LogP contribution in [0.3, 0.4) is 0 Å². The van der Waals surface area contributed by atoms with Crippen molar-refractivity contribution in [1.82, 2.24) is 10.6 Å². The van der Waals surface area contributed by atoms with Gasteiger partial charge in [0.2, 0.25) is 0 Å².